The second-order valence-electron chi connectivity index (χ2n) is 7.96. The lowest BCUT2D eigenvalue weighted by Gasteiger charge is -2.16. The Morgan fingerprint density at radius 1 is 1.09 bits per heavy atom. The molecule has 1 amide bonds. The number of hydrogen-bond donors (Lipinski definition) is 3. The Kier molecular flexibility index (Phi) is 6.09. The minimum absolute atomic E-state index is 0.151. The number of nitrogens with one attached hydrogen (secondary N) is 2. The Morgan fingerprint density at radius 2 is 1.82 bits per heavy atom. The largest absolute Gasteiger partial charge is 0.478 e. The average Bonchev–Trinajstić information content (AvgIpc) is 2.82. The first-order valence-corrected chi connectivity index (χ1v) is 10.6. The molecule has 2 aromatic heterocycles. The molecule has 4 rings (SSSR count). The highest BCUT2D eigenvalue weighted by Crippen LogP contribution is 2.20. The minimum Gasteiger partial charge on any atom is -0.478 e. The molecular formula is C25H22N4O5. The average molecular weight is 458 g/mol. The molecule has 2 aromatic carbocycles. The second-order valence-corrected chi connectivity index (χ2v) is 7.96. The summed E-state index contributed by atoms with van der Waals surface area (Å²) in [7, 11) is 0. The highest BCUT2D eigenvalue weighted by Gasteiger charge is 2.18. The van der Waals surface area contributed by atoms with Crippen molar-refractivity contribution < 1.29 is 14.7 Å². The van der Waals surface area contributed by atoms with E-state index in [4.69, 9.17) is 0 Å². The zero-order chi connectivity index (χ0) is 24.4. The third-order valence-electron chi connectivity index (χ3n) is 5.74. The summed E-state index contributed by atoms with van der Waals surface area (Å²) in [5.74, 6) is -1.41. The molecule has 0 fully saturated rings. The van der Waals surface area contributed by atoms with Crippen LogP contribution >= 0.6 is 0 Å². The quantitative estimate of drug-likeness (QED) is 0.407. The number of benzene rings is 2. The molecule has 9 nitrogen and oxygen atoms in total. The van der Waals surface area contributed by atoms with Crippen LogP contribution in [0.4, 0.5) is 0 Å². The van der Waals surface area contributed by atoms with Crippen molar-refractivity contribution in [3.05, 3.63) is 110 Å². The van der Waals surface area contributed by atoms with E-state index in [1.165, 1.54) is 18.2 Å². The molecule has 0 aliphatic rings. The molecule has 172 valence electrons. The van der Waals surface area contributed by atoms with E-state index in [2.05, 4.69) is 15.3 Å². The maximum Gasteiger partial charge on any atom is 0.335 e. The fourth-order valence-electron chi connectivity index (χ4n) is 3.84. The molecule has 0 saturated heterocycles. The number of carbonyl (C=O) groups excluding carboxylic acids is 1. The summed E-state index contributed by atoms with van der Waals surface area (Å²) in [6.07, 6.45) is 3.27. The zero-order valence-corrected chi connectivity index (χ0v) is 18.5. The van der Waals surface area contributed by atoms with Crippen LogP contribution in [0.25, 0.3) is 10.9 Å². The number of carboxylic acids is 1. The fraction of sp³-hybridized carbons (Fsp3) is 0.160. The van der Waals surface area contributed by atoms with Crippen molar-refractivity contribution in [2.24, 2.45) is 0 Å². The summed E-state index contributed by atoms with van der Waals surface area (Å²) in [5, 5.41) is 12.2. The van der Waals surface area contributed by atoms with Gasteiger partial charge in [0.1, 0.15) is 0 Å². The Balaban J connectivity index is 1.69. The van der Waals surface area contributed by atoms with Crippen LogP contribution in [0, 0.1) is 6.92 Å². The molecule has 0 saturated carbocycles. The third kappa shape index (κ3) is 4.36. The van der Waals surface area contributed by atoms with Gasteiger partial charge < -0.3 is 15.4 Å². The summed E-state index contributed by atoms with van der Waals surface area (Å²) < 4.78 is 1.07. The van der Waals surface area contributed by atoms with Crippen LogP contribution in [0.1, 0.15) is 50.4 Å². The predicted octanol–water partition coefficient (Wildman–Crippen LogP) is 2.63. The molecule has 4 aromatic rings. The summed E-state index contributed by atoms with van der Waals surface area (Å²) in [6, 6.07) is 12.1. The maximum atomic E-state index is 13.3. The van der Waals surface area contributed by atoms with E-state index in [1.807, 2.05) is 0 Å². The molecule has 1 unspecified atom stereocenters. The van der Waals surface area contributed by atoms with Crippen molar-refractivity contribution >= 4 is 22.8 Å². The molecular weight excluding hydrogens is 436 g/mol. The number of rotatable bonds is 6. The molecule has 0 aliphatic carbocycles. The van der Waals surface area contributed by atoms with E-state index in [1.54, 1.807) is 56.6 Å². The molecule has 2 heterocycles. The molecule has 1 atom stereocenters. The van der Waals surface area contributed by atoms with Gasteiger partial charge in [0.05, 0.1) is 22.5 Å². The molecule has 0 aliphatic heterocycles. The lowest BCUT2D eigenvalue weighted by molar-refractivity contribution is 0.0695. The number of carbonyl (C=O) groups is 2. The maximum absolute atomic E-state index is 13.3. The van der Waals surface area contributed by atoms with Crippen molar-refractivity contribution in [2.45, 2.75) is 26.4 Å². The van der Waals surface area contributed by atoms with Crippen molar-refractivity contribution in [1.82, 2.24) is 19.9 Å². The Bertz CT molecular complexity index is 1520. The summed E-state index contributed by atoms with van der Waals surface area (Å²) in [4.78, 5) is 56.6. The summed E-state index contributed by atoms with van der Waals surface area (Å²) in [6.45, 7) is 3.64. The minimum atomic E-state index is -1.05. The van der Waals surface area contributed by atoms with Gasteiger partial charge in [0.25, 0.3) is 11.5 Å². The molecule has 0 radical (unpaired) electrons. The standard InChI is InChI=1S/C25H22N4O5/c1-14-11-17(3-5-19(14)24(32)33)15(2)29-23(31)20-12-18(4-6-21(20)28-25(29)34)22(30)27-13-16-7-9-26-10-8-16/h3-12,15H,13H2,1-2H3,(H,27,30)(H,28,34)(H,32,33). The lowest BCUT2D eigenvalue weighted by Crippen LogP contribution is -2.37. The number of hydrogen-bond acceptors (Lipinski definition) is 5. The number of aromatic amines is 1. The predicted molar refractivity (Wildman–Crippen MR) is 126 cm³/mol. The van der Waals surface area contributed by atoms with Gasteiger partial charge in [-0.1, -0.05) is 12.1 Å². The number of aryl methyl sites for hydroxylation is 1. The number of aromatic nitrogens is 3. The normalized spacial score (nSPS) is 11.8. The van der Waals surface area contributed by atoms with Crippen LogP contribution in [0.2, 0.25) is 0 Å². The van der Waals surface area contributed by atoms with Crippen LogP contribution in [-0.4, -0.2) is 31.5 Å². The SMILES string of the molecule is Cc1cc(C(C)n2c(=O)[nH]c3ccc(C(=O)NCc4ccncc4)cc3c2=O)ccc1C(=O)O. The van der Waals surface area contributed by atoms with Gasteiger partial charge in [-0.3, -0.25) is 19.1 Å². The van der Waals surface area contributed by atoms with Gasteiger partial charge in [0.2, 0.25) is 0 Å². The monoisotopic (exact) mass is 458 g/mol. The number of fused-ring (bicyclic) bond motifs is 1. The highest BCUT2D eigenvalue weighted by molar-refractivity contribution is 5.97. The summed E-state index contributed by atoms with van der Waals surface area (Å²) in [5.41, 5.74) is 1.63. The topological polar surface area (TPSA) is 134 Å². The lowest BCUT2D eigenvalue weighted by atomic mass is 10.0. The van der Waals surface area contributed by atoms with Crippen molar-refractivity contribution in [1.29, 1.82) is 0 Å². The van der Waals surface area contributed by atoms with Crippen LogP contribution in [0.5, 0.6) is 0 Å². The van der Waals surface area contributed by atoms with Gasteiger partial charge in [-0.2, -0.15) is 0 Å². The van der Waals surface area contributed by atoms with E-state index < -0.39 is 23.3 Å². The van der Waals surface area contributed by atoms with Crippen LogP contribution in [0.3, 0.4) is 0 Å². The number of amides is 1. The second kappa shape index (κ2) is 9.14. The summed E-state index contributed by atoms with van der Waals surface area (Å²) >= 11 is 0. The molecule has 0 spiro atoms. The van der Waals surface area contributed by atoms with E-state index in [0.29, 0.717) is 23.2 Å². The molecule has 9 heteroatoms. The molecule has 0 bridgehead atoms. The van der Waals surface area contributed by atoms with Gasteiger partial charge in [-0.25, -0.2) is 9.59 Å². The van der Waals surface area contributed by atoms with Crippen LogP contribution < -0.4 is 16.6 Å². The van der Waals surface area contributed by atoms with Crippen LogP contribution in [-0.2, 0) is 6.54 Å². The Labute approximate surface area is 193 Å². The van der Waals surface area contributed by atoms with Gasteiger partial charge in [-0.15, -0.1) is 0 Å². The Morgan fingerprint density at radius 3 is 2.50 bits per heavy atom. The molecule has 34 heavy (non-hydrogen) atoms. The number of pyridine rings is 1. The van der Waals surface area contributed by atoms with Gasteiger partial charge >= 0.3 is 11.7 Å². The number of nitrogens with zero attached hydrogens (tertiary/aromatic N) is 2. The first kappa shape index (κ1) is 22.7. The number of aromatic carboxylic acids is 1. The van der Waals surface area contributed by atoms with Crippen molar-refractivity contribution in [3.63, 3.8) is 0 Å². The smallest absolute Gasteiger partial charge is 0.335 e. The third-order valence-corrected chi connectivity index (χ3v) is 5.74. The first-order chi connectivity index (χ1) is 16.3. The van der Waals surface area contributed by atoms with Crippen molar-refractivity contribution in [2.75, 3.05) is 0 Å². The van der Waals surface area contributed by atoms with E-state index in [9.17, 15) is 24.3 Å². The van der Waals surface area contributed by atoms with Gasteiger partial charge in [0, 0.05) is 24.5 Å². The van der Waals surface area contributed by atoms with E-state index in [0.717, 1.165) is 10.1 Å². The van der Waals surface area contributed by atoms with Gasteiger partial charge in [-0.05, 0) is 66.9 Å². The number of H-pyrrole nitrogens is 1. The van der Waals surface area contributed by atoms with Crippen molar-refractivity contribution in [3.8, 4) is 0 Å². The van der Waals surface area contributed by atoms with Crippen LogP contribution in [0.15, 0.2) is 70.5 Å². The Hall–Kier alpha value is -4.53. The van der Waals surface area contributed by atoms with E-state index in [-0.39, 0.29) is 22.4 Å². The number of carboxylic acid groups (broad SMARTS) is 1. The highest BCUT2D eigenvalue weighted by atomic mass is 16.4. The zero-order valence-electron chi connectivity index (χ0n) is 18.5. The molecule has 3 N–H and O–H groups in total. The van der Waals surface area contributed by atoms with E-state index >= 15 is 0 Å². The van der Waals surface area contributed by atoms with Gasteiger partial charge in [0.15, 0.2) is 0 Å². The fourth-order valence-corrected chi connectivity index (χ4v) is 3.84. The first-order valence-electron chi connectivity index (χ1n) is 10.6.